The molecule has 1 fully saturated rings. The number of aryl methyl sites for hydroxylation is 1. The molecular formula is C28H43N3O3S. The molecule has 0 bridgehead atoms. The Morgan fingerprint density at radius 2 is 1.83 bits per heavy atom. The molecule has 194 valence electrons. The third-order valence-corrected chi connectivity index (χ3v) is 7.65. The van der Waals surface area contributed by atoms with Crippen LogP contribution in [0.2, 0.25) is 0 Å². The molecule has 2 heterocycles. The first-order valence-electron chi connectivity index (χ1n) is 12.7. The van der Waals surface area contributed by atoms with E-state index in [9.17, 15) is 14.7 Å². The molecule has 2 aromatic rings. The number of β-amino-alcohol motifs (C(OH)–C–C–N with tert-alkyl or cyclic N) is 1. The Hall–Kier alpha value is -2.25. The summed E-state index contributed by atoms with van der Waals surface area (Å²) in [6, 6.07) is 7.41. The molecule has 0 saturated carbocycles. The van der Waals surface area contributed by atoms with Gasteiger partial charge in [0.1, 0.15) is 6.04 Å². The summed E-state index contributed by atoms with van der Waals surface area (Å²) in [4.78, 5) is 32.7. The number of aliphatic hydroxyl groups is 1. The Morgan fingerprint density at radius 1 is 1.20 bits per heavy atom. The van der Waals surface area contributed by atoms with E-state index in [1.165, 1.54) is 19.3 Å². The van der Waals surface area contributed by atoms with Crippen LogP contribution in [0.3, 0.4) is 0 Å². The zero-order valence-electron chi connectivity index (χ0n) is 22.4. The van der Waals surface area contributed by atoms with E-state index in [1.807, 2.05) is 64.4 Å². The topological polar surface area (TPSA) is 82.5 Å². The second-order valence-corrected chi connectivity index (χ2v) is 11.4. The summed E-state index contributed by atoms with van der Waals surface area (Å²) in [5, 5.41) is 13.0. The number of hydrogen-bond donors (Lipinski definition) is 2. The van der Waals surface area contributed by atoms with Crippen LogP contribution in [0, 0.1) is 18.3 Å². The molecule has 1 aromatic carbocycles. The van der Waals surface area contributed by atoms with Crippen molar-refractivity contribution in [2.45, 2.75) is 92.8 Å². The molecule has 1 unspecified atom stereocenters. The lowest BCUT2D eigenvalue weighted by Gasteiger charge is -2.32. The maximum atomic E-state index is 12.9. The number of carbonyl (C=O) groups excluding carboxylic acids is 2. The van der Waals surface area contributed by atoms with Gasteiger partial charge < -0.3 is 15.3 Å². The van der Waals surface area contributed by atoms with Gasteiger partial charge in [0.15, 0.2) is 0 Å². The summed E-state index contributed by atoms with van der Waals surface area (Å²) in [6.45, 7) is 14.9. The SMILES string of the molecule is CCCCC.Cc1ncsc1-c1ccc(CNC(=O)[C@@H]2C[C@@H](O)CN2C(=O)C(C)C(C)(C)C)cc1. The highest BCUT2D eigenvalue weighted by molar-refractivity contribution is 7.13. The Kier molecular flexibility index (Phi) is 10.9. The van der Waals surface area contributed by atoms with E-state index in [1.54, 1.807) is 16.2 Å². The first-order valence-corrected chi connectivity index (χ1v) is 13.6. The van der Waals surface area contributed by atoms with Gasteiger partial charge in [0, 0.05) is 25.4 Å². The fourth-order valence-electron chi connectivity index (χ4n) is 3.94. The third kappa shape index (κ3) is 8.14. The van der Waals surface area contributed by atoms with Gasteiger partial charge in [-0.15, -0.1) is 11.3 Å². The Balaban J connectivity index is 0.000000784. The van der Waals surface area contributed by atoms with Crippen LogP contribution in [0.1, 0.15) is 78.5 Å². The van der Waals surface area contributed by atoms with Gasteiger partial charge in [0.2, 0.25) is 11.8 Å². The molecule has 35 heavy (non-hydrogen) atoms. The van der Waals surface area contributed by atoms with E-state index in [0.29, 0.717) is 6.54 Å². The summed E-state index contributed by atoms with van der Waals surface area (Å²) in [5.41, 5.74) is 4.73. The molecule has 1 saturated heterocycles. The molecule has 1 aliphatic rings. The standard InChI is InChI=1S/C23H31N3O3S.C5H12/c1-14(23(3,4)5)22(29)26-12-18(27)10-19(26)21(28)24-11-16-6-8-17(9-7-16)20-15(2)25-13-30-20;1-3-5-4-2/h6-9,13-14,18-19,27H,10-12H2,1-5H3,(H,24,28);3-5H2,1-2H3/t14?,18-,19+;/m1./s1. The maximum Gasteiger partial charge on any atom is 0.243 e. The number of amides is 2. The lowest BCUT2D eigenvalue weighted by molar-refractivity contribution is -0.144. The maximum absolute atomic E-state index is 12.9. The molecule has 6 nitrogen and oxygen atoms in total. The van der Waals surface area contributed by atoms with Gasteiger partial charge in [-0.2, -0.15) is 0 Å². The highest BCUT2D eigenvalue weighted by Gasteiger charge is 2.42. The van der Waals surface area contributed by atoms with Gasteiger partial charge in [-0.1, -0.05) is 85.1 Å². The van der Waals surface area contributed by atoms with Crippen molar-refractivity contribution in [3.8, 4) is 10.4 Å². The summed E-state index contributed by atoms with van der Waals surface area (Å²) >= 11 is 1.61. The van der Waals surface area contributed by atoms with Crippen LogP contribution in [-0.2, 0) is 16.1 Å². The zero-order chi connectivity index (χ0) is 26.2. The predicted molar refractivity (Wildman–Crippen MR) is 144 cm³/mol. The van der Waals surface area contributed by atoms with Crippen molar-refractivity contribution in [3.05, 3.63) is 41.0 Å². The number of unbranched alkanes of at least 4 members (excludes halogenated alkanes) is 2. The van der Waals surface area contributed by atoms with Crippen molar-refractivity contribution in [3.63, 3.8) is 0 Å². The number of carbonyl (C=O) groups is 2. The van der Waals surface area contributed by atoms with Gasteiger partial charge in [0.05, 0.1) is 22.2 Å². The van der Waals surface area contributed by atoms with Gasteiger partial charge in [0.25, 0.3) is 0 Å². The molecule has 7 heteroatoms. The van der Waals surface area contributed by atoms with Crippen LogP contribution in [0.15, 0.2) is 29.8 Å². The quantitative estimate of drug-likeness (QED) is 0.519. The van der Waals surface area contributed by atoms with Crippen LogP contribution in [-0.4, -0.2) is 45.5 Å². The van der Waals surface area contributed by atoms with Gasteiger partial charge in [-0.3, -0.25) is 9.59 Å². The average molecular weight is 502 g/mol. The number of likely N-dealkylation sites (tertiary alicyclic amines) is 1. The summed E-state index contributed by atoms with van der Waals surface area (Å²) in [6.07, 6.45) is 3.68. The van der Waals surface area contributed by atoms with E-state index >= 15 is 0 Å². The number of nitrogens with one attached hydrogen (secondary N) is 1. The molecular weight excluding hydrogens is 458 g/mol. The second kappa shape index (κ2) is 13.2. The van der Waals surface area contributed by atoms with E-state index in [2.05, 4.69) is 24.1 Å². The van der Waals surface area contributed by atoms with Gasteiger partial charge in [-0.25, -0.2) is 4.98 Å². The highest BCUT2D eigenvalue weighted by atomic mass is 32.1. The van der Waals surface area contributed by atoms with E-state index in [0.717, 1.165) is 21.7 Å². The van der Waals surface area contributed by atoms with E-state index in [4.69, 9.17) is 0 Å². The first-order chi connectivity index (χ1) is 16.5. The molecule has 0 spiro atoms. The van der Waals surface area contributed by atoms with E-state index in [-0.39, 0.29) is 36.1 Å². The van der Waals surface area contributed by atoms with Gasteiger partial charge in [-0.05, 0) is 23.5 Å². The summed E-state index contributed by atoms with van der Waals surface area (Å²) in [5.74, 6) is -0.535. The lowest BCUT2D eigenvalue weighted by atomic mass is 9.81. The molecule has 2 amide bonds. The van der Waals surface area contributed by atoms with Crippen molar-refractivity contribution in [1.82, 2.24) is 15.2 Å². The normalized spacial score (nSPS) is 18.6. The molecule has 3 rings (SSSR count). The summed E-state index contributed by atoms with van der Waals surface area (Å²) < 4.78 is 0. The van der Waals surface area contributed by atoms with E-state index < -0.39 is 12.1 Å². The number of benzene rings is 1. The van der Waals surface area contributed by atoms with Crippen LogP contribution in [0.25, 0.3) is 10.4 Å². The number of aliphatic hydroxyl groups excluding tert-OH is 1. The predicted octanol–water partition coefficient (Wildman–Crippen LogP) is 5.58. The summed E-state index contributed by atoms with van der Waals surface area (Å²) in [7, 11) is 0. The van der Waals surface area contributed by atoms with Gasteiger partial charge >= 0.3 is 0 Å². The molecule has 3 atom stereocenters. The molecule has 0 radical (unpaired) electrons. The number of nitrogens with zero attached hydrogens (tertiary/aromatic N) is 2. The largest absolute Gasteiger partial charge is 0.391 e. The molecule has 1 aromatic heterocycles. The van der Waals surface area contributed by atoms with Crippen LogP contribution in [0.5, 0.6) is 0 Å². The Morgan fingerprint density at radius 3 is 2.31 bits per heavy atom. The monoisotopic (exact) mass is 501 g/mol. The first kappa shape index (κ1) is 29.0. The minimum Gasteiger partial charge on any atom is -0.391 e. The fraction of sp³-hybridized carbons (Fsp3) is 0.607. The average Bonchev–Trinajstić information content (AvgIpc) is 3.42. The molecule has 2 N–H and O–H groups in total. The Labute approximate surface area is 215 Å². The van der Waals surface area contributed by atoms with Crippen molar-refractivity contribution in [1.29, 1.82) is 0 Å². The van der Waals surface area contributed by atoms with Crippen molar-refractivity contribution in [2.24, 2.45) is 11.3 Å². The second-order valence-electron chi connectivity index (χ2n) is 10.5. The number of hydrogen-bond acceptors (Lipinski definition) is 5. The molecule has 1 aliphatic heterocycles. The van der Waals surface area contributed by atoms with Crippen molar-refractivity contribution in [2.75, 3.05) is 6.54 Å². The Bertz CT molecular complexity index is 947. The lowest BCUT2D eigenvalue weighted by Crippen LogP contribution is -2.49. The highest BCUT2D eigenvalue weighted by Crippen LogP contribution is 2.30. The van der Waals surface area contributed by atoms with Crippen molar-refractivity contribution < 1.29 is 14.7 Å². The smallest absolute Gasteiger partial charge is 0.243 e. The minimum atomic E-state index is -0.668. The minimum absolute atomic E-state index is 0.0801. The van der Waals surface area contributed by atoms with Crippen LogP contribution in [0.4, 0.5) is 0 Å². The van der Waals surface area contributed by atoms with Crippen LogP contribution < -0.4 is 5.32 Å². The number of thiazole rings is 1. The third-order valence-electron chi connectivity index (χ3n) is 6.67. The van der Waals surface area contributed by atoms with Crippen molar-refractivity contribution >= 4 is 23.2 Å². The van der Waals surface area contributed by atoms with Crippen LogP contribution >= 0.6 is 11.3 Å². The fourth-order valence-corrected chi connectivity index (χ4v) is 4.75. The number of aromatic nitrogens is 1. The molecule has 0 aliphatic carbocycles. The number of rotatable bonds is 7. The zero-order valence-corrected chi connectivity index (χ0v) is 23.2.